The Morgan fingerprint density at radius 3 is 2.10 bits per heavy atom. The maximum atomic E-state index is 12.3. The van der Waals surface area contributed by atoms with Gasteiger partial charge in [-0.25, -0.2) is 4.79 Å². The summed E-state index contributed by atoms with van der Waals surface area (Å²) in [6.07, 6.45) is 3.77. The number of nitrogens with one attached hydrogen (secondary N) is 1. The van der Waals surface area contributed by atoms with E-state index in [1.54, 1.807) is 0 Å². The van der Waals surface area contributed by atoms with E-state index < -0.39 is 11.6 Å². The predicted octanol–water partition coefficient (Wildman–Crippen LogP) is 3.69. The van der Waals surface area contributed by atoms with Gasteiger partial charge in [-0.15, -0.1) is 0 Å². The topological polar surface area (TPSA) is 55.4 Å². The van der Waals surface area contributed by atoms with Crippen LogP contribution in [-0.2, 0) is 14.3 Å². The highest BCUT2D eigenvalue weighted by Gasteiger charge is 2.30. The Hall–Kier alpha value is -1.06. The molecule has 0 aromatic heterocycles. The van der Waals surface area contributed by atoms with Gasteiger partial charge in [-0.1, -0.05) is 40.5 Å². The fourth-order valence-electron chi connectivity index (χ4n) is 2.11. The van der Waals surface area contributed by atoms with Crippen molar-refractivity contribution in [3.63, 3.8) is 0 Å². The molecule has 0 bridgehead atoms. The van der Waals surface area contributed by atoms with Gasteiger partial charge in [0.05, 0.1) is 0 Å². The molecule has 0 aliphatic heterocycles. The summed E-state index contributed by atoms with van der Waals surface area (Å²) in [5.74, 6) is -0.396. The van der Waals surface area contributed by atoms with Crippen LogP contribution in [0, 0.1) is 11.8 Å². The van der Waals surface area contributed by atoms with Crippen molar-refractivity contribution in [2.45, 2.75) is 85.8 Å². The van der Waals surface area contributed by atoms with Crippen LogP contribution in [0.15, 0.2) is 0 Å². The number of hydrogen-bond acceptors (Lipinski definition) is 3. The van der Waals surface area contributed by atoms with E-state index >= 15 is 0 Å². The Labute approximate surface area is 130 Å². The normalized spacial score (nSPS) is 14.7. The van der Waals surface area contributed by atoms with Crippen molar-refractivity contribution < 1.29 is 14.3 Å². The quantitative estimate of drug-likeness (QED) is 0.695. The highest BCUT2D eigenvalue weighted by atomic mass is 16.6. The van der Waals surface area contributed by atoms with Gasteiger partial charge in [-0.2, -0.15) is 0 Å². The summed E-state index contributed by atoms with van der Waals surface area (Å²) >= 11 is 0. The molecule has 0 fully saturated rings. The van der Waals surface area contributed by atoms with E-state index in [9.17, 15) is 9.59 Å². The molecule has 0 saturated carbocycles. The van der Waals surface area contributed by atoms with Gasteiger partial charge in [-0.3, -0.25) is 4.79 Å². The molecule has 21 heavy (non-hydrogen) atoms. The van der Waals surface area contributed by atoms with Gasteiger partial charge >= 0.3 is 5.97 Å². The Morgan fingerprint density at radius 1 is 1.14 bits per heavy atom. The average molecular weight is 299 g/mol. The molecule has 4 heteroatoms. The maximum absolute atomic E-state index is 12.3. The molecule has 4 nitrogen and oxygen atoms in total. The first-order chi connectivity index (χ1) is 9.62. The predicted molar refractivity (Wildman–Crippen MR) is 85.9 cm³/mol. The minimum Gasteiger partial charge on any atom is -0.458 e. The third kappa shape index (κ3) is 8.08. The number of rotatable bonds is 8. The van der Waals surface area contributed by atoms with Gasteiger partial charge in [0.2, 0.25) is 5.91 Å². The number of unbranched alkanes of at least 4 members (excludes halogenated alkanes) is 1. The molecule has 1 amide bonds. The summed E-state index contributed by atoms with van der Waals surface area (Å²) in [6, 6.07) is -0.576. The third-order valence-electron chi connectivity index (χ3n) is 3.39. The number of ether oxygens (including phenoxy) is 1. The first kappa shape index (κ1) is 19.9. The summed E-state index contributed by atoms with van der Waals surface area (Å²) in [6.45, 7) is 13.5. The lowest BCUT2D eigenvalue weighted by Gasteiger charge is -2.27. The van der Waals surface area contributed by atoms with E-state index in [0.29, 0.717) is 0 Å². The van der Waals surface area contributed by atoms with Crippen molar-refractivity contribution >= 4 is 11.9 Å². The van der Waals surface area contributed by atoms with E-state index in [2.05, 4.69) is 12.2 Å². The Balaban J connectivity index is 4.76. The van der Waals surface area contributed by atoms with E-state index in [-0.39, 0.29) is 23.7 Å². The number of carbonyl (C=O) groups is 2. The lowest BCUT2D eigenvalue weighted by molar-refractivity contribution is -0.160. The Kier molecular flexibility index (Phi) is 8.60. The zero-order chi connectivity index (χ0) is 16.6. The molecule has 0 heterocycles. The monoisotopic (exact) mass is 299 g/mol. The average Bonchev–Trinajstić information content (AvgIpc) is 2.34. The van der Waals surface area contributed by atoms with Crippen molar-refractivity contribution in [2.75, 3.05) is 0 Å². The number of carbonyl (C=O) groups excluding carboxylic acids is 2. The molecular weight excluding hydrogens is 266 g/mol. The van der Waals surface area contributed by atoms with E-state index in [1.807, 2.05) is 41.5 Å². The van der Waals surface area contributed by atoms with Crippen molar-refractivity contribution in [2.24, 2.45) is 11.8 Å². The van der Waals surface area contributed by atoms with E-state index in [0.717, 1.165) is 25.7 Å². The largest absolute Gasteiger partial charge is 0.458 e. The maximum Gasteiger partial charge on any atom is 0.329 e. The summed E-state index contributed by atoms with van der Waals surface area (Å²) in [5.41, 5.74) is -0.540. The lowest BCUT2D eigenvalue weighted by atomic mass is 9.96. The Morgan fingerprint density at radius 2 is 1.71 bits per heavy atom. The molecule has 124 valence electrons. The first-order valence-electron chi connectivity index (χ1n) is 8.15. The van der Waals surface area contributed by atoms with Crippen molar-refractivity contribution in [3.05, 3.63) is 0 Å². The second-order valence-corrected chi connectivity index (χ2v) is 7.01. The highest BCUT2D eigenvalue weighted by Crippen LogP contribution is 2.16. The number of amides is 1. The summed E-state index contributed by atoms with van der Waals surface area (Å²) < 4.78 is 5.40. The smallest absolute Gasteiger partial charge is 0.329 e. The second-order valence-electron chi connectivity index (χ2n) is 7.01. The van der Waals surface area contributed by atoms with Crippen LogP contribution in [0.5, 0.6) is 0 Å². The molecule has 0 aromatic rings. The van der Waals surface area contributed by atoms with Crippen LogP contribution >= 0.6 is 0 Å². The van der Waals surface area contributed by atoms with E-state index in [4.69, 9.17) is 4.74 Å². The summed E-state index contributed by atoms with van der Waals surface area (Å²) in [5, 5.41) is 2.89. The molecule has 0 radical (unpaired) electrons. The van der Waals surface area contributed by atoms with Crippen LogP contribution in [0.4, 0.5) is 0 Å². The van der Waals surface area contributed by atoms with Gasteiger partial charge in [0.1, 0.15) is 11.6 Å². The molecule has 0 aromatic carbocycles. The summed E-state index contributed by atoms with van der Waals surface area (Å²) in [7, 11) is 0. The van der Waals surface area contributed by atoms with Gasteiger partial charge in [0.25, 0.3) is 0 Å². The molecule has 1 N–H and O–H groups in total. The molecular formula is C17H33NO3. The van der Waals surface area contributed by atoms with Gasteiger partial charge in [0, 0.05) is 5.92 Å². The highest BCUT2D eigenvalue weighted by molar-refractivity contribution is 5.86. The van der Waals surface area contributed by atoms with Gasteiger partial charge in [-0.05, 0) is 39.5 Å². The second kappa shape index (κ2) is 9.06. The van der Waals surface area contributed by atoms with Crippen LogP contribution in [0.25, 0.3) is 0 Å². The van der Waals surface area contributed by atoms with E-state index in [1.165, 1.54) is 0 Å². The number of esters is 1. The molecule has 0 aliphatic carbocycles. The zero-order valence-electron chi connectivity index (χ0n) is 14.8. The zero-order valence-corrected chi connectivity index (χ0v) is 14.8. The van der Waals surface area contributed by atoms with Crippen LogP contribution in [0.1, 0.15) is 74.1 Å². The van der Waals surface area contributed by atoms with Crippen molar-refractivity contribution in [1.82, 2.24) is 5.32 Å². The number of hydrogen-bond donors (Lipinski definition) is 1. The van der Waals surface area contributed by atoms with Crippen LogP contribution in [0.3, 0.4) is 0 Å². The van der Waals surface area contributed by atoms with Gasteiger partial charge < -0.3 is 10.1 Å². The molecule has 0 spiro atoms. The Bertz CT molecular complexity index is 331. The van der Waals surface area contributed by atoms with Crippen molar-refractivity contribution in [3.8, 4) is 0 Å². The SMILES string of the molecule is CCCCC(CC)C(=O)N[C@H](C(=O)OC(C)(C)C)C(C)C. The van der Waals surface area contributed by atoms with Crippen LogP contribution in [0.2, 0.25) is 0 Å². The third-order valence-corrected chi connectivity index (χ3v) is 3.39. The minimum absolute atomic E-state index is 0.00693. The fraction of sp³-hybridized carbons (Fsp3) is 0.882. The molecule has 0 saturated heterocycles. The first-order valence-corrected chi connectivity index (χ1v) is 8.15. The van der Waals surface area contributed by atoms with Gasteiger partial charge in [0.15, 0.2) is 0 Å². The lowest BCUT2D eigenvalue weighted by Crippen LogP contribution is -2.49. The van der Waals surface area contributed by atoms with Crippen molar-refractivity contribution in [1.29, 1.82) is 0 Å². The molecule has 2 atom stereocenters. The van der Waals surface area contributed by atoms with Crippen LogP contribution in [-0.4, -0.2) is 23.5 Å². The molecule has 0 rings (SSSR count). The standard InChI is InChI=1S/C17H33NO3/c1-8-10-11-13(9-2)15(19)18-14(12(3)4)16(20)21-17(5,6)7/h12-14H,8-11H2,1-7H3,(H,18,19)/t13?,14-/m0/s1. The minimum atomic E-state index is -0.576. The summed E-state index contributed by atoms with van der Waals surface area (Å²) in [4.78, 5) is 24.6. The fourth-order valence-corrected chi connectivity index (χ4v) is 2.11. The molecule has 0 aliphatic rings. The van der Waals surface area contributed by atoms with Crippen LogP contribution < -0.4 is 5.32 Å². The molecule has 1 unspecified atom stereocenters.